The molecule has 39 heavy (non-hydrogen) atoms. The lowest BCUT2D eigenvalue weighted by Crippen LogP contribution is -2.53. The third kappa shape index (κ3) is 6.57. The summed E-state index contributed by atoms with van der Waals surface area (Å²) in [6.07, 6.45) is 0.216. The molecule has 3 aromatic carbocycles. The zero-order valence-corrected chi connectivity index (χ0v) is 24.1. The lowest BCUT2D eigenvalue weighted by Gasteiger charge is -2.32. The van der Waals surface area contributed by atoms with Gasteiger partial charge in [0.1, 0.15) is 17.5 Å². The second kappa shape index (κ2) is 12.1. The Kier molecular flexibility index (Phi) is 8.87. The van der Waals surface area contributed by atoms with Gasteiger partial charge in [-0.1, -0.05) is 84.4 Å². The predicted octanol–water partition coefficient (Wildman–Crippen LogP) is 4.01. The highest BCUT2D eigenvalue weighted by Gasteiger charge is 2.43. The normalized spacial score (nSPS) is 14.7. The molecule has 0 radical (unpaired) electrons. The number of halogens is 1. The van der Waals surface area contributed by atoms with Gasteiger partial charge in [-0.05, 0) is 41.3 Å². The van der Waals surface area contributed by atoms with E-state index in [1.807, 2.05) is 68.4 Å². The number of benzene rings is 3. The number of hydrogen-bond acceptors (Lipinski definition) is 5. The Bertz CT molecular complexity index is 1460. The summed E-state index contributed by atoms with van der Waals surface area (Å²) in [5.74, 6) is -1.57. The van der Waals surface area contributed by atoms with E-state index in [-0.39, 0.29) is 35.2 Å². The zero-order valence-electron chi connectivity index (χ0n) is 21.7. The maximum absolute atomic E-state index is 13.9. The van der Waals surface area contributed by atoms with Gasteiger partial charge in [-0.2, -0.15) is 0 Å². The van der Waals surface area contributed by atoms with Crippen molar-refractivity contribution >= 4 is 43.7 Å². The number of rotatable bonds is 10. The molecule has 1 N–H and O–H groups in total. The maximum Gasteiger partial charge on any atom is 0.269 e. The molecule has 0 spiro atoms. The van der Waals surface area contributed by atoms with E-state index in [1.54, 1.807) is 6.07 Å². The fourth-order valence-corrected chi connectivity index (χ4v) is 6.15. The minimum absolute atomic E-state index is 0.0280. The average molecular weight is 613 g/mol. The fraction of sp³-hybridized carbons (Fsp3) is 0.276. The second-order valence-corrected chi connectivity index (χ2v) is 12.6. The minimum Gasteiger partial charge on any atom is -0.354 e. The van der Waals surface area contributed by atoms with Crippen LogP contribution < -0.4 is 5.32 Å². The van der Waals surface area contributed by atoms with Gasteiger partial charge in [0, 0.05) is 24.0 Å². The largest absolute Gasteiger partial charge is 0.354 e. The van der Waals surface area contributed by atoms with Crippen LogP contribution in [0.1, 0.15) is 35.3 Å². The van der Waals surface area contributed by atoms with Crippen LogP contribution in [0, 0.1) is 5.92 Å². The van der Waals surface area contributed by atoms with Crippen molar-refractivity contribution in [3.8, 4) is 0 Å². The van der Waals surface area contributed by atoms with Crippen molar-refractivity contribution < 1.29 is 22.8 Å². The van der Waals surface area contributed by atoms with Crippen LogP contribution in [0.15, 0.2) is 88.2 Å². The molecular formula is C29H30BrN3O5S. The van der Waals surface area contributed by atoms with Crippen molar-refractivity contribution in [2.75, 3.05) is 13.1 Å². The van der Waals surface area contributed by atoms with E-state index in [0.717, 1.165) is 15.6 Å². The summed E-state index contributed by atoms with van der Waals surface area (Å²) < 4.78 is 27.8. The van der Waals surface area contributed by atoms with Crippen LogP contribution in [0.3, 0.4) is 0 Å². The number of sulfonamides is 1. The van der Waals surface area contributed by atoms with Crippen molar-refractivity contribution in [2.45, 2.75) is 37.8 Å². The van der Waals surface area contributed by atoms with Crippen molar-refractivity contribution in [3.05, 3.63) is 100 Å². The number of hydrogen-bond donors (Lipinski definition) is 1. The first-order chi connectivity index (χ1) is 18.6. The number of carbonyl (C=O) groups is 3. The third-order valence-corrected chi connectivity index (χ3v) is 8.73. The van der Waals surface area contributed by atoms with Crippen LogP contribution in [0.25, 0.3) is 0 Å². The van der Waals surface area contributed by atoms with Gasteiger partial charge >= 0.3 is 0 Å². The molecule has 0 saturated heterocycles. The molecular weight excluding hydrogens is 582 g/mol. The number of carbonyl (C=O) groups excluding carboxylic acids is 3. The van der Waals surface area contributed by atoms with Crippen LogP contribution in [0.4, 0.5) is 0 Å². The zero-order chi connectivity index (χ0) is 28.2. The Morgan fingerprint density at radius 3 is 2.21 bits per heavy atom. The van der Waals surface area contributed by atoms with E-state index in [0.29, 0.717) is 10.8 Å². The highest BCUT2D eigenvalue weighted by atomic mass is 79.9. The Balaban J connectivity index is 1.70. The molecule has 0 aromatic heterocycles. The molecule has 1 aliphatic heterocycles. The van der Waals surface area contributed by atoms with Crippen LogP contribution in [-0.2, 0) is 32.6 Å². The quantitative estimate of drug-likeness (QED) is 0.373. The minimum atomic E-state index is -4.20. The number of nitrogens with zero attached hydrogens (tertiary/aromatic N) is 2. The van der Waals surface area contributed by atoms with Gasteiger partial charge in [0.05, 0.1) is 5.56 Å². The summed E-state index contributed by atoms with van der Waals surface area (Å²) >= 11 is 3.41. The van der Waals surface area contributed by atoms with Crippen molar-refractivity contribution in [1.82, 2.24) is 14.5 Å². The SMILES string of the molecule is CC(C)CNC(=O)[C@@H](Cc1ccccc1)N(Cc1ccc(Br)cc1)C(=O)CN1C(=O)c2ccccc2S1(=O)=O. The smallest absolute Gasteiger partial charge is 0.269 e. The Morgan fingerprint density at radius 1 is 0.923 bits per heavy atom. The van der Waals surface area contributed by atoms with E-state index >= 15 is 0 Å². The summed E-state index contributed by atoms with van der Waals surface area (Å²) in [6, 6.07) is 21.6. The van der Waals surface area contributed by atoms with E-state index in [1.165, 1.54) is 23.1 Å². The van der Waals surface area contributed by atoms with Crippen molar-refractivity contribution in [2.24, 2.45) is 5.92 Å². The summed E-state index contributed by atoms with van der Waals surface area (Å²) in [6.45, 7) is 3.69. The number of nitrogens with one attached hydrogen (secondary N) is 1. The van der Waals surface area contributed by atoms with E-state index in [9.17, 15) is 22.8 Å². The predicted molar refractivity (Wildman–Crippen MR) is 151 cm³/mol. The Labute approximate surface area is 237 Å². The standard InChI is InChI=1S/C29H30BrN3O5S/c1-20(2)17-31-28(35)25(16-21-8-4-3-5-9-21)32(18-22-12-14-23(30)15-13-22)27(34)19-33-29(36)24-10-6-7-11-26(24)39(33,37)38/h3-15,20,25H,16-19H2,1-2H3,(H,31,35)/t25-/m1/s1. The second-order valence-electron chi connectivity index (χ2n) is 9.81. The van der Waals surface area contributed by atoms with Gasteiger partial charge in [0.2, 0.25) is 11.8 Å². The molecule has 0 aliphatic carbocycles. The first-order valence-corrected chi connectivity index (χ1v) is 14.8. The van der Waals surface area contributed by atoms with Crippen LogP contribution in [-0.4, -0.2) is 54.5 Å². The van der Waals surface area contributed by atoms with Crippen LogP contribution in [0.5, 0.6) is 0 Å². The van der Waals surface area contributed by atoms with Gasteiger partial charge in [0.25, 0.3) is 15.9 Å². The summed E-state index contributed by atoms with van der Waals surface area (Å²) in [5.41, 5.74) is 1.62. The van der Waals surface area contributed by atoms with Gasteiger partial charge in [0.15, 0.2) is 0 Å². The summed E-state index contributed by atoms with van der Waals surface area (Å²) in [4.78, 5) is 41.7. The van der Waals surface area contributed by atoms with Gasteiger partial charge in [-0.25, -0.2) is 12.7 Å². The van der Waals surface area contributed by atoms with Gasteiger partial charge in [-0.3, -0.25) is 14.4 Å². The van der Waals surface area contributed by atoms with E-state index in [2.05, 4.69) is 21.2 Å². The molecule has 3 aromatic rings. The molecule has 1 atom stereocenters. The third-order valence-electron chi connectivity index (χ3n) is 6.41. The molecule has 10 heteroatoms. The van der Waals surface area contributed by atoms with Crippen LogP contribution >= 0.6 is 15.9 Å². The molecule has 4 rings (SSSR count). The maximum atomic E-state index is 13.9. The highest BCUT2D eigenvalue weighted by Crippen LogP contribution is 2.30. The van der Waals surface area contributed by atoms with Gasteiger partial charge < -0.3 is 10.2 Å². The lowest BCUT2D eigenvalue weighted by molar-refractivity contribution is -0.141. The highest BCUT2D eigenvalue weighted by molar-refractivity contribution is 9.10. The van der Waals surface area contributed by atoms with Crippen molar-refractivity contribution in [1.29, 1.82) is 0 Å². The topological polar surface area (TPSA) is 104 Å². The van der Waals surface area contributed by atoms with Crippen molar-refractivity contribution in [3.63, 3.8) is 0 Å². The molecule has 0 bridgehead atoms. The first-order valence-electron chi connectivity index (χ1n) is 12.6. The molecule has 0 fully saturated rings. The summed E-state index contributed by atoms with van der Waals surface area (Å²) in [7, 11) is -4.20. The monoisotopic (exact) mass is 611 g/mol. The number of fused-ring (bicyclic) bond motifs is 1. The molecule has 0 saturated carbocycles. The first kappa shape index (κ1) is 28.5. The molecule has 1 aliphatic rings. The molecule has 0 unspecified atom stereocenters. The average Bonchev–Trinajstić information content (AvgIpc) is 3.11. The Hall–Kier alpha value is -3.50. The molecule has 8 nitrogen and oxygen atoms in total. The van der Waals surface area contributed by atoms with E-state index in [4.69, 9.17) is 0 Å². The van der Waals surface area contributed by atoms with E-state index < -0.39 is 34.4 Å². The fourth-order valence-electron chi connectivity index (χ4n) is 4.36. The van der Waals surface area contributed by atoms with Gasteiger partial charge in [-0.15, -0.1) is 0 Å². The molecule has 3 amide bonds. The molecule has 1 heterocycles. The number of amides is 3. The Morgan fingerprint density at radius 2 is 1.56 bits per heavy atom. The van der Waals surface area contributed by atoms with Crippen LogP contribution in [0.2, 0.25) is 0 Å². The lowest BCUT2D eigenvalue weighted by atomic mass is 10.0. The molecule has 204 valence electrons. The summed E-state index contributed by atoms with van der Waals surface area (Å²) in [5, 5.41) is 2.93.